The molecule has 1 N–H and O–H groups in total. The summed E-state index contributed by atoms with van der Waals surface area (Å²) in [4.78, 5) is 24.0. The second-order valence-corrected chi connectivity index (χ2v) is 11.7. The third-order valence-corrected chi connectivity index (χ3v) is 7.94. The Morgan fingerprint density at radius 3 is 2.68 bits per heavy atom. The Bertz CT molecular complexity index is 1430. The van der Waals surface area contributed by atoms with Crippen molar-refractivity contribution in [3.8, 4) is 17.0 Å². The monoisotopic (exact) mass is 524 g/mol. The summed E-state index contributed by atoms with van der Waals surface area (Å²) >= 11 is 0. The van der Waals surface area contributed by atoms with E-state index in [4.69, 9.17) is 9.72 Å². The van der Waals surface area contributed by atoms with Gasteiger partial charge in [-0.15, -0.1) is 0 Å². The quantitative estimate of drug-likeness (QED) is 0.461. The Balaban J connectivity index is 1.52. The molecule has 0 radical (unpaired) electrons. The summed E-state index contributed by atoms with van der Waals surface area (Å²) in [6.45, 7) is 5.17. The van der Waals surface area contributed by atoms with Crippen LogP contribution in [0.3, 0.4) is 0 Å². The number of nitrogens with zero attached hydrogens (tertiary/aromatic N) is 3. The molecule has 0 unspecified atom stereocenters. The van der Waals surface area contributed by atoms with Crippen molar-refractivity contribution in [1.29, 1.82) is 0 Å². The predicted molar refractivity (Wildman–Crippen MR) is 137 cm³/mol. The molecule has 8 nitrogen and oxygen atoms in total. The number of amides is 1. The number of rotatable bonds is 8. The van der Waals surface area contributed by atoms with Crippen molar-refractivity contribution < 1.29 is 22.3 Å². The Morgan fingerprint density at radius 2 is 1.97 bits per heavy atom. The van der Waals surface area contributed by atoms with Crippen molar-refractivity contribution in [3.05, 3.63) is 66.1 Å². The summed E-state index contributed by atoms with van der Waals surface area (Å²) in [5.41, 5.74) is 1.06. The summed E-state index contributed by atoms with van der Waals surface area (Å²) in [7, 11) is -4.17. The molecule has 10 heteroatoms. The van der Waals surface area contributed by atoms with E-state index in [-0.39, 0.29) is 22.0 Å². The molecule has 0 atom stereocenters. The zero-order chi connectivity index (χ0) is 26.2. The number of aromatic nitrogens is 2. The zero-order valence-electron chi connectivity index (χ0n) is 20.8. The molecule has 194 valence electrons. The van der Waals surface area contributed by atoms with Crippen molar-refractivity contribution >= 4 is 21.7 Å². The van der Waals surface area contributed by atoms with Gasteiger partial charge >= 0.3 is 0 Å². The minimum atomic E-state index is -4.17. The van der Waals surface area contributed by atoms with Crippen molar-refractivity contribution in [2.24, 2.45) is 5.92 Å². The third-order valence-electron chi connectivity index (χ3n) is 6.69. The Kier molecular flexibility index (Phi) is 6.61. The van der Waals surface area contributed by atoms with Crippen LogP contribution in [-0.4, -0.2) is 43.0 Å². The van der Waals surface area contributed by atoms with Crippen molar-refractivity contribution in [1.82, 2.24) is 14.7 Å². The van der Waals surface area contributed by atoms with E-state index in [1.807, 2.05) is 13.8 Å². The fourth-order valence-corrected chi connectivity index (χ4v) is 5.63. The first-order valence-corrected chi connectivity index (χ1v) is 13.9. The molecule has 1 aliphatic carbocycles. The second kappa shape index (κ2) is 9.74. The van der Waals surface area contributed by atoms with E-state index in [1.54, 1.807) is 24.3 Å². The highest BCUT2D eigenvalue weighted by Gasteiger charge is 2.52. The third kappa shape index (κ3) is 5.29. The first-order valence-electron chi connectivity index (χ1n) is 12.4. The summed E-state index contributed by atoms with van der Waals surface area (Å²) in [5, 5.41) is -0.247. The average molecular weight is 525 g/mol. The van der Waals surface area contributed by atoms with Gasteiger partial charge in [0.25, 0.3) is 15.9 Å². The van der Waals surface area contributed by atoms with Crippen LogP contribution in [0.25, 0.3) is 11.3 Å². The number of ether oxygens (including phenoxy) is 1. The van der Waals surface area contributed by atoms with Gasteiger partial charge in [-0.1, -0.05) is 19.9 Å². The largest absolute Gasteiger partial charge is 0.493 e. The maximum Gasteiger partial charge on any atom is 0.281 e. The molecular weight excluding hydrogens is 495 g/mol. The molecule has 37 heavy (non-hydrogen) atoms. The molecule has 1 spiro atoms. The van der Waals surface area contributed by atoms with Gasteiger partial charge < -0.3 is 9.64 Å². The lowest BCUT2D eigenvalue weighted by Crippen LogP contribution is -2.36. The van der Waals surface area contributed by atoms with Crippen LogP contribution in [0.1, 0.15) is 49.9 Å². The maximum absolute atomic E-state index is 14.5. The van der Waals surface area contributed by atoms with Gasteiger partial charge in [-0.25, -0.2) is 19.1 Å². The van der Waals surface area contributed by atoms with E-state index in [1.165, 1.54) is 30.5 Å². The number of hydrogen-bond donors (Lipinski definition) is 1. The van der Waals surface area contributed by atoms with Gasteiger partial charge in [-0.3, -0.25) is 4.79 Å². The van der Waals surface area contributed by atoms with Gasteiger partial charge in [0.2, 0.25) is 0 Å². The van der Waals surface area contributed by atoms with E-state index < -0.39 is 21.7 Å². The normalized spacial score (nSPS) is 16.3. The fraction of sp³-hybridized carbons (Fsp3) is 0.370. The fourth-order valence-electron chi connectivity index (χ4n) is 4.72. The standard InChI is InChI=1S/C27H29FN4O4S/c1-18(2)17-36-21-15-19(14-20(28)16-21)23-8-7-22(25(30-23)32-13-5-9-27(32)10-11-27)26(33)31-37(34,35)24-6-3-4-12-29-24/h3-4,6-8,12,14-16,18H,5,9-11,13,17H2,1-2H3,(H,31,33). The predicted octanol–water partition coefficient (Wildman–Crippen LogP) is 4.57. The highest BCUT2D eigenvalue weighted by Crippen LogP contribution is 2.51. The molecular formula is C27H29FN4O4S. The number of sulfonamides is 1. The zero-order valence-corrected chi connectivity index (χ0v) is 21.6. The number of halogens is 1. The van der Waals surface area contributed by atoms with E-state index in [2.05, 4.69) is 14.6 Å². The SMILES string of the molecule is CC(C)COc1cc(F)cc(-c2ccc(C(=O)NS(=O)(=O)c3ccccn3)c(N3CCCC34CC4)n2)c1. The van der Waals surface area contributed by atoms with Crippen LogP contribution in [0.4, 0.5) is 10.2 Å². The first-order chi connectivity index (χ1) is 17.7. The van der Waals surface area contributed by atoms with Crippen molar-refractivity contribution in [2.75, 3.05) is 18.1 Å². The van der Waals surface area contributed by atoms with Crippen LogP contribution in [0.15, 0.2) is 59.8 Å². The van der Waals surface area contributed by atoms with Crippen LogP contribution in [0.2, 0.25) is 0 Å². The second-order valence-electron chi connectivity index (χ2n) is 10.0. The van der Waals surface area contributed by atoms with Crippen LogP contribution in [-0.2, 0) is 10.0 Å². The number of benzene rings is 1. The van der Waals surface area contributed by atoms with Crippen molar-refractivity contribution in [2.45, 2.75) is 50.1 Å². The molecule has 1 saturated carbocycles. The average Bonchev–Trinajstić information content (AvgIpc) is 3.53. The van der Waals surface area contributed by atoms with Gasteiger partial charge in [-0.2, -0.15) is 8.42 Å². The number of carbonyl (C=O) groups excluding carboxylic acids is 1. The highest BCUT2D eigenvalue weighted by atomic mass is 32.2. The number of anilines is 1. The van der Waals surface area contributed by atoms with Gasteiger partial charge in [0.05, 0.1) is 17.9 Å². The van der Waals surface area contributed by atoms with E-state index in [0.29, 0.717) is 36.0 Å². The van der Waals surface area contributed by atoms with E-state index in [0.717, 1.165) is 25.7 Å². The van der Waals surface area contributed by atoms with Gasteiger partial charge in [0.1, 0.15) is 17.4 Å². The lowest BCUT2D eigenvalue weighted by molar-refractivity contribution is 0.0981. The Morgan fingerprint density at radius 1 is 1.16 bits per heavy atom. The van der Waals surface area contributed by atoms with E-state index >= 15 is 0 Å². The summed E-state index contributed by atoms with van der Waals surface area (Å²) < 4.78 is 47.9. The lowest BCUT2D eigenvalue weighted by atomic mass is 10.1. The molecule has 2 fully saturated rings. The summed E-state index contributed by atoms with van der Waals surface area (Å²) in [6.07, 6.45) is 5.25. The number of carbonyl (C=O) groups is 1. The van der Waals surface area contributed by atoms with Crippen LogP contribution < -0.4 is 14.4 Å². The van der Waals surface area contributed by atoms with E-state index in [9.17, 15) is 17.6 Å². The molecule has 1 aliphatic heterocycles. The van der Waals surface area contributed by atoms with Crippen LogP contribution >= 0.6 is 0 Å². The van der Waals surface area contributed by atoms with Gasteiger partial charge in [-0.05, 0) is 68.0 Å². The van der Waals surface area contributed by atoms with Crippen LogP contribution in [0.5, 0.6) is 5.75 Å². The Hall–Kier alpha value is -3.53. The number of pyridine rings is 2. The summed E-state index contributed by atoms with van der Waals surface area (Å²) in [5.74, 6) is -0.169. The van der Waals surface area contributed by atoms with Gasteiger partial charge in [0, 0.05) is 29.9 Å². The molecule has 2 aliphatic rings. The lowest BCUT2D eigenvalue weighted by Gasteiger charge is -2.28. The molecule has 1 amide bonds. The molecule has 2 aromatic heterocycles. The molecule has 0 bridgehead atoms. The molecule has 1 aromatic carbocycles. The topological polar surface area (TPSA) is 101 Å². The van der Waals surface area contributed by atoms with Crippen molar-refractivity contribution in [3.63, 3.8) is 0 Å². The maximum atomic E-state index is 14.5. The first kappa shape index (κ1) is 25.1. The molecule has 5 rings (SSSR count). The number of hydrogen-bond acceptors (Lipinski definition) is 7. The molecule has 1 saturated heterocycles. The smallest absolute Gasteiger partial charge is 0.281 e. The molecule has 3 aromatic rings. The van der Waals surface area contributed by atoms with Gasteiger partial charge in [0.15, 0.2) is 5.03 Å². The molecule has 3 heterocycles. The minimum Gasteiger partial charge on any atom is -0.493 e. The highest BCUT2D eigenvalue weighted by molar-refractivity contribution is 7.90. The number of nitrogens with one attached hydrogen (secondary N) is 1. The summed E-state index contributed by atoms with van der Waals surface area (Å²) in [6, 6.07) is 12.0. The Labute approximate surface area is 215 Å². The van der Waals surface area contributed by atoms with Crippen LogP contribution in [0, 0.1) is 11.7 Å². The minimum absolute atomic E-state index is 0.0615.